The molecule has 1 atom stereocenters. The van der Waals surface area contributed by atoms with Gasteiger partial charge in [-0.05, 0) is 25.0 Å². The van der Waals surface area contributed by atoms with Crippen molar-refractivity contribution in [3.8, 4) is 0 Å². The Morgan fingerprint density at radius 2 is 1.91 bits per heavy atom. The number of hydrogen-bond donors (Lipinski definition) is 2. The van der Waals surface area contributed by atoms with Crippen LogP contribution in [-0.4, -0.2) is 41.3 Å². The summed E-state index contributed by atoms with van der Waals surface area (Å²) < 4.78 is 5.44. The van der Waals surface area contributed by atoms with Crippen LogP contribution in [0.5, 0.6) is 0 Å². The van der Waals surface area contributed by atoms with Gasteiger partial charge in [0.05, 0.1) is 6.10 Å². The molecule has 3 rings (SSSR count). The molecule has 8 heteroatoms. The molecule has 1 saturated heterocycles. The van der Waals surface area contributed by atoms with E-state index in [0.717, 1.165) is 30.8 Å². The predicted molar refractivity (Wildman–Crippen MR) is 85.6 cm³/mol. The van der Waals surface area contributed by atoms with Gasteiger partial charge < -0.3 is 15.4 Å². The van der Waals surface area contributed by atoms with Crippen LogP contribution in [0.15, 0.2) is 30.3 Å². The van der Waals surface area contributed by atoms with E-state index in [9.17, 15) is 9.59 Å². The minimum absolute atomic E-state index is 0.0627. The van der Waals surface area contributed by atoms with Crippen molar-refractivity contribution in [2.24, 2.45) is 0 Å². The zero-order chi connectivity index (χ0) is 16.1. The summed E-state index contributed by atoms with van der Waals surface area (Å²) in [5, 5.41) is 13.3. The van der Waals surface area contributed by atoms with Gasteiger partial charge in [0, 0.05) is 18.8 Å². The van der Waals surface area contributed by atoms with Gasteiger partial charge in [-0.3, -0.25) is 9.59 Å². The summed E-state index contributed by atoms with van der Waals surface area (Å²) in [7, 11) is 0. The van der Waals surface area contributed by atoms with Gasteiger partial charge in [-0.2, -0.15) is 0 Å². The van der Waals surface area contributed by atoms with E-state index in [1.807, 2.05) is 18.2 Å². The third-order valence-corrected chi connectivity index (χ3v) is 4.28. The van der Waals surface area contributed by atoms with Crippen molar-refractivity contribution in [1.29, 1.82) is 0 Å². The normalized spacial score (nSPS) is 17.0. The molecule has 1 fully saturated rings. The highest BCUT2D eigenvalue weighted by molar-refractivity contribution is 7.15. The van der Waals surface area contributed by atoms with Crippen molar-refractivity contribution in [3.05, 3.63) is 40.3 Å². The fourth-order valence-electron chi connectivity index (χ4n) is 2.20. The lowest BCUT2D eigenvalue weighted by Gasteiger charge is -2.08. The van der Waals surface area contributed by atoms with Gasteiger partial charge in [-0.25, -0.2) is 0 Å². The Bertz CT molecular complexity index is 683. The topological polar surface area (TPSA) is 93.2 Å². The molecule has 0 radical (unpaired) electrons. The second-order valence-corrected chi connectivity index (χ2v) is 6.06. The quantitative estimate of drug-likeness (QED) is 0.869. The molecule has 0 aliphatic carbocycles. The van der Waals surface area contributed by atoms with E-state index in [0.29, 0.717) is 12.2 Å². The maximum absolute atomic E-state index is 12.1. The van der Waals surface area contributed by atoms with E-state index < -0.39 is 0 Å². The minimum atomic E-state index is -0.383. The number of carbonyl (C=O) groups is 2. The van der Waals surface area contributed by atoms with Crippen LogP contribution in [-0.2, 0) is 4.74 Å². The first-order valence-electron chi connectivity index (χ1n) is 7.32. The van der Waals surface area contributed by atoms with Crippen LogP contribution >= 0.6 is 11.3 Å². The number of anilines is 1. The van der Waals surface area contributed by atoms with Gasteiger partial charge in [0.25, 0.3) is 11.8 Å². The monoisotopic (exact) mass is 332 g/mol. The first-order chi connectivity index (χ1) is 11.2. The van der Waals surface area contributed by atoms with Crippen molar-refractivity contribution < 1.29 is 14.3 Å². The van der Waals surface area contributed by atoms with E-state index in [4.69, 9.17) is 4.74 Å². The Balaban J connectivity index is 1.56. The first-order valence-corrected chi connectivity index (χ1v) is 8.14. The number of rotatable bonds is 5. The molecule has 1 aliphatic heterocycles. The number of para-hydroxylation sites is 1. The Kier molecular flexibility index (Phi) is 4.94. The lowest BCUT2D eigenvalue weighted by atomic mass is 10.2. The molecular weight excluding hydrogens is 316 g/mol. The molecular formula is C15H16N4O3S. The van der Waals surface area contributed by atoms with E-state index in [2.05, 4.69) is 20.8 Å². The SMILES string of the molecule is O=C(NCC1CCCO1)c1nnc(C(=O)Nc2ccccc2)s1. The van der Waals surface area contributed by atoms with Gasteiger partial charge in [0.2, 0.25) is 10.0 Å². The number of amides is 2. The van der Waals surface area contributed by atoms with E-state index in [-0.39, 0.29) is 27.9 Å². The van der Waals surface area contributed by atoms with Gasteiger partial charge in [0.15, 0.2) is 0 Å². The molecule has 7 nitrogen and oxygen atoms in total. The summed E-state index contributed by atoms with van der Waals surface area (Å²) in [6, 6.07) is 9.04. The van der Waals surface area contributed by atoms with Gasteiger partial charge >= 0.3 is 0 Å². The highest BCUT2D eigenvalue weighted by Crippen LogP contribution is 2.14. The molecule has 1 aromatic heterocycles. The second kappa shape index (κ2) is 7.30. The van der Waals surface area contributed by atoms with Crippen molar-refractivity contribution in [2.45, 2.75) is 18.9 Å². The third-order valence-electron chi connectivity index (χ3n) is 3.36. The molecule has 120 valence electrons. The highest BCUT2D eigenvalue weighted by atomic mass is 32.1. The molecule has 1 unspecified atom stereocenters. The molecule has 2 N–H and O–H groups in total. The zero-order valence-electron chi connectivity index (χ0n) is 12.3. The third kappa shape index (κ3) is 4.11. The number of hydrogen-bond acceptors (Lipinski definition) is 6. The molecule has 1 aromatic carbocycles. The van der Waals surface area contributed by atoms with Gasteiger partial charge in [-0.15, -0.1) is 10.2 Å². The Labute approximate surface area is 137 Å². The molecule has 0 bridgehead atoms. The molecule has 1 aliphatic rings. The average molecular weight is 332 g/mol. The predicted octanol–water partition coefficient (Wildman–Crippen LogP) is 1.70. The standard InChI is InChI=1S/C15H16N4O3S/c20-12(16-9-11-7-4-8-22-11)14-18-19-15(23-14)13(21)17-10-5-2-1-3-6-10/h1-3,5-6,11H,4,7-9H2,(H,16,20)(H,17,21). The maximum Gasteiger partial charge on any atom is 0.286 e. The first kappa shape index (κ1) is 15.6. The van der Waals surface area contributed by atoms with Crippen LogP contribution in [0.2, 0.25) is 0 Å². The number of nitrogens with one attached hydrogen (secondary N) is 2. The van der Waals surface area contributed by atoms with E-state index >= 15 is 0 Å². The lowest BCUT2D eigenvalue weighted by molar-refractivity contribution is 0.0856. The molecule has 23 heavy (non-hydrogen) atoms. The summed E-state index contributed by atoms with van der Waals surface area (Å²) >= 11 is 0.964. The maximum atomic E-state index is 12.1. The number of benzene rings is 1. The Hall–Kier alpha value is -2.32. The smallest absolute Gasteiger partial charge is 0.286 e. The van der Waals surface area contributed by atoms with Crippen LogP contribution in [0, 0.1) is 0 Å². The Morgan fingerprint density at radius 3 is 2.61 bits per heavy atom. The van der Waals surface area contributed by atoms with E-state index in [1.165, 1.54) is 0 Å². The summed E-state index contributed by atoms with van der Waals surface area (Å²) in [4.78, 5) is 24.1. The summed E-state index contributed by atoms with van der Waals surface area (Å²) in [5.74, 6) is -0.719. The summed E-state index contributed by atoms with van der Waals surface area (Å²) in [6.07, 6.45) is 2.03. The van der Waals surface area contributed by atoms with Crippen molar-refractivity contribution in [2.75, 3.05) is 18.5 Å². The number of ether oxygens (including phenoxy) is 1. The number of aromatic nitrogens is 2. The molecule has 2 heterocycles. The molecule has 0 spiro atoms. The molecule has 0 saturated carbocycles. The largest absolute Gasteiger partial charge is 0.376 e. The highest BCUT2D eigenvalue weighted by Gasteiger charge is 2.20. The lowest BCUT2D eigenvalue weighted by Crippen LogP contribution is -2.31. The fraction of sp³-hybridized carbons (Fsp3) is 0.333. The average Bonchev–Trinajstić information content (AvgIpc) is 3.25. The van der Waals surface area contributed by atoms with Crippen LogP contribution in [0.3, 0.4) is 0 Å². The van der Waals surface area contributed by atoms with Crippen molar-refractivity contribution in [3.63, 3.8) is 0 Å². The van der Waals surface area contributed by atoms with Crippen LogP contribution in [0.1, 0.15) is 32.4 Å². The zero-order valence-corrected chi connectivity index (χ0v) is 13.1. The molecule has 2 aromatic rings. The van der Waals surface area contributed by atoms with Crippen LogP contribution < -0.4 is 10.6 Å². The molecule has 2 amide bonds. The van der Waals surface area contributed by atoms with Crippen LogP contribution in [0.25, 0.3) is 0 Å². The second-order valence-electron chi connectivity index (χ2n) is 5.08. The summed E-state index contributed by atoms with van der Waals surface area (Å²) in [5.41, 5.74) is 0.664. The number of carbonyl (C=O) groups excluding carboxylic acids is 2. The van der Waals surface area contributed by atoms with E-state index in [1.54, 1.807) is 12.1 Å². The summed E-state index contributed by atoms with van der Waals surface area (Å²) in [6.45, 7) is 1.19. The van der Waals surface area contributed by atoms with Crippen molar-refractivity contribution in [1.82, 2.24) is 15.5 Å². The van der Waals surface area contributed by atoms with Crippen LogP contribution in [0.4, 0.5) is 5.69 Å². The fourth-order valence-corrected chi connectivity index (χ4v) is 2.86. The van der Waals surface area contributed by atoms with Gasteiger partial charge in [-0.1, -0.05) is 29.5 Å². The van der Waals surface area contributed by atoms with Crippen molar-refractivity contribution >= 4 is 28.8 Å². The number of nitrogens with zero attached hydrogens (tertiary/aromatic N) is 2. The van der Waals surface area contributed by atoms with Gasteiger partial charge in [0.1, 0.15) is 0 Å². The minimum Gasteiger partial charge on any atom is -0.376 e. The Morgan fingerprint density at radius 1 is 1.17 bits per heavy atom.